The van der Waals surface area contributed by atoms with Crippen molar-refractivity contribution in [3.05, 3.63) is 36.3 Å². The number of nitrogens with zero attached hydrogens (tertiary/aromatic N) is 5. The first kappa shape index (κ1) is 27.1. The van der Waals surface area contributed by atoms with Crippen LogP contribution < -0.4 is 22.1 Å². The van der Waals surface area contributed by atoms with Crippen molar-refractivity contribution < 1.29 is 14.3 Å². The van der Waals surface area contributed by atoms with Crippen molar-refractivity contribution in [1.29, 1.82) is 0 Å². The Balaban J connectivity index is 1.74. The number of carbonyl (C=O) groups is 2. The molecular weight excluding hydrogens is 462 g/mol. The molecule has 0 saturated carbocycles. The molecule has 12 nitrogen and oxygen atoms in total. The van der Waals surface area contributed by atoms with Crippen molar-refractivity contribution in [3.8, 4) is 0 Å². The SMILES string of the molecule is C=CC(=O)Nc1cnc(/N=C(\N)C2=C(N)C(C)(C)N(C(=O)N[C@H](CN(C)C)C3CCOCC3)C2)nc1. The molecule has 196 valence electrons. The van der Waals surface area contributed by atoms with Crippen LogP contribution in [0.25, 0.3) is 0 Å². The van der Waals surface area contributed by atoms with E-state index in [0.29, 0.717) is 36.1 Å². The molecule has 0 unspecified atom stereocenters. The van der Waals surface area contributed by atoms with E-state index in [1.165, 1.54) is 12.4 Å². The third-order valence-electron chi connectivity index (χ3n) is 6.55. The number of nitrogens with two attached hydrogens (primary N) is 2. The zero-order valence-corrected chi connectivity index (χ0v) is 21.5. The number of aromatic nitrogens is 2. The molecule has 0 radical (unpaired) electrons. The number of hydrogen-bond acceptors (Lipinski definition) is 8. The van der Waals surface area contributed by atoms with Crippen LogP contribution in [0.15, 0.2) is 41.3 Å². The highest BCUT2D eigenvalue weighted by Crippen LogP contribution is 2.32. The van der Waals surface area contributed by atoms with E-state index in [-0.39, 0.29) is 36.3 Å². The van der Waals surface area contributed by atoms with Gasteiger partial charge in [-0.3, -0.25) is 4.79 Å². The molecule has 1 saturated heterocycles. The van der Waals surface area contributed by atoms with Gasteiger partial charge in [0.1, 0.15) is 5.84 Å². The summed E-state index contributed by atoms with van der Waals surface area (Å²) >= 11 is 0. The van der Waals surface area contributed by atoms with Crippen molar-refractivity contribution in [3.63, 3.8) is 0 Å². The first-order valence-electron chi connectivity index (χ1n) is 11.9. The highest BCUT2D eigenvalue weighted by atomic mass is 16.5. The third-order valence-corrected chi connectivity index (χ3v) is 6.55. The lowest BCUT2D eigenvalue weighted by Crippen LogP contribution is -2.56. The van der Waals surface area contributed by atoms with Crippen LogP contribution >= 0.6 is 0 Å². The molecule has 0 aromatic carbocycles. The topological polar surface area (TPSA) is 164 Å². The van der Waals surface area contributed by atoms with Gasteiger partial charge in [-0.15, -0.1) is 0 Å². The first-order chi connectivity index (χ1) is 17.0. The van der Waals surface area contributed by atoms with E-state index < -0.39 is 5.54 Å². The number of hydrogen-bond donors (Lipinski definition) is 4. The van der Waals surface area contributed by atoms with Gasteiger partial charge in [0.15, 0.2) is 0 Å². The number of amides is 3. The molecule has 2 aliphatic rings. The van der Waals surface area contributed by atoms with Crippen molar-refractivity contribution >= 4 is 29.4 Å². The second-order valence-corrected chi connectivity index (χ2v) is 9.77. The van der Waals surface area contributed by atoms with Gasteiger partial charge in [0.2, 0.25) is 5.91 Å². The quantitative estimate of drug-likeness (QED) is 0.233. The van der Waals surface area contributed by atoms with Gasteiger partial charge in [-0.1, -0.05) is 6.58 Å². The highest BCUT2D eigenvalue weighted by molar-refractivity contribution is 6.01. The van der Waals surface area contributed by atoms with E-state index in [9.17, 15) is 9.59 Å². The van der Waals surface area contributed by atoms with Crippen LogP contribution in [0.4, 0.5) is 16.4 Å². The molecule has 36 heavy (non-hydrogen) atoms. The summed E-state index contributed by atoms with van der Waals surface area (Å²) in [6.45, 7) is 9.50. The maximum atomic E-state index is 13.5. The van der Waals surface area contributed by atoms with Crippen LogP contribution in [-0.4, -0.2) is 89.5 Å². The molecule has 1 aromatic rings. The average Bonchev–Trinajstić information content (AvgIpc) is 3.09. The van der Waals surface area contributed by atoms with Gasteiger partial charge >= 0.3 is 6.03 Å². The van der Waals surface area contributed by atoms with E-state index >= 15 is 0 Å². The summed E-state index contributed by atoms with van der Waals surface area (Å²) in [4.78, 5) is 41.1. The van der Waals surface area contributed by atoms with Gasteiger partial charge in [-0.25, -0.2) is 14.8 Å². The van der Waals surface area contributed by atoms with Crippen molar-refractivity contribution in [1.82, 2.24) is 25.1 Å². The fourth-order valence-corrected chi connectivity index (χ4v) is 4.37. The Morgan fingerprint density at radius 2 is 1.97 bits per heavy atom. The lowest BCUT2D eigenvalue weighted by Gasteiger charge is -2.37. The van der Waals surface area contributed by atoms with Gasteiger partial charge in [-0.05, 0) is 52.8 Å². The summed E-state index contributed by atoms with van der Waals surface area (Å²) in [6.07, 6.45) is 5.79. The summed E-state index contributed by atoms with van der Waals surface area (Å²) in [5, 5.41) is 5.79. The zero-order chi connectivity index (χ0) is 26.5. The summed E-state index contributed by atoms with van der Waals surface area (Å²) in [6, 6.07) is -0.223. The predicted molar refractivity (Wildman–Crippen MR) is 139 cm³/mol. The Kier molecular flexibility index (Phi) is 8.64. The molecule has 6 N–H and O–H groups in total. The number of urea groups is 1. The summed E-state index contributed by atoms with van der Waals surface area (Å²) < 4.78 is 5.50. The molecule has 0 aliphatic carbocycles. The van der Waals surface area contributed by atoms with Crippen molar-refractivity contribution in [2.45, 2.75) is 38.3 Å². The van der Waals surface area contributed by atoms with Crippen molar-refractivity contribution in [2.24, 2.45) is 22.4 Å². The second-order valence-electron chi connectivity index (χ2n) is 9.77. The fraction of sp³-hybridized carbons (Fsp3) is 0.542. The van der Waals surface area contributed by atoms with Gasteiger partial charge < -0.3 is 36.6 Å². The number of anilines is 1. The summed E-state index contributed by atoms with van der Waals surface area (Å²) in [5.74, 6) is 0.204. The molecule has 0 spiro atoms. The van der Waals surface area contributed by atoms with E-state index in [4.69, 9.17) is 16.2 Å². The minimum atomic E-state index is -0.766. The van der Waals surface area contributed by atoms with Gasteiger partial charge in [0.25, 0.3) is 5.95 Å². The zero-order valence-electron chi connectivity index (χ0n) is 21.5. The summed E-state index contributed by atoms with van der Waals surface area (Å²) in [5.41, 5.74) is 13.4. The Labute approximate surface area is 211 Å². The van der Waals surface area contributed by atoms with Crippen LogP contribution in [-0.2, 0) is 9.53 Å². The second kappa shape index (κ2) is 11.5. The summed E-state index contributed by atoms with van der Waals surface area (Å²) in [7, 11) is 3.99. The molecule has 2 aliphatic heterocycles. The van der Waals surface area contributed by atoms with Crippen LogP contribution in [0, 0.1) is 5.92 Å². The molecular formula is C24H37N9O3. The Morgan fingerprint density at radius 1 is 1.33 bits per heavy atom. The Hall–Kier alpha value is -3.51. The maximum Gasteiger partial charge on any atom is 0.318 e. The predicted octanol–water partition coefficient (Wildman–Crippen LogP) is 0.963. The normalized spacial score (nSPS) is 19.4. The van der Waals surface area contributed by atoms with Gasteiger partial charge in [0.05, 0.1) is 30.2 Å². The average molecular weight is 500 g/mol. The minimum Gasteiger partial charge on any atom is -0.400 e. The lowest BCUT2D eigenvalue weighted by molar-refractivity contribution is -0.111. The molecule has 3 heterocycles. The number of amidine groups is 1. The third kappa shape index (κ3) is 6.38. The van der Waals surface area contributed by atoms with Crippen molar-refractivity contribution in [2.75, 3.05) is 45.7 Å². The number of carbonyl (C=O) groups excluding carboxylic acids is 2. The largest absolute Gasteiger partial charge is 0.400 e. The van der Waals surface area contributed by atoms with Gasteiger partial charge in [0, 0.05) is 37.1 Å². The monoisotopic (exact) mass is 499 g/mol. The van der Waals surface area contributed by atoms with E-state index in [0.717, 1.165) is 25.5 Å². The fourth-order valence-electron chi connectivity index (χ4n) is 4.37. The van der Waals surface area contributed by atoms with E-state index in [2.05, 4.69) is 37.1 Å². The molecule has 3 rings (SSSR count). The van der Waals surface area contributed by atoms with Crippen LogP contribution in [0.2, 0.25) is 0 Å². The number of likely N-dealkylation sites (N-methyl/N-ethyl adjacent to an activating group) is 1. The molecule has 1 atom stereocenters. The highest BCUT2D eigenvalue weighted by Gasteiger charge is 2.43. The smallest absolute Gasteiger partial charge is 0.318 e. The van der Waals surface area contributed by atoms with Crippen LogP contribution in [0.5, 0.6) is 0 Å². The molecule has 3 amide bonds. The molecule has 12 heteroatoms. The number of rotatable bonds is 8. The maximum absolute atomic E-state index is 13.5. The number of nitrogens with one attached hydrogen (secondary N) is 2. The molecule has 0 bridgehead atoms. The van der Waals surface area contributed by atoms with Crippen LogP contribution in [0.1, 0.15) is 26.7 Å². The number of aliphatic imine (C=N–C) groups is 1. The van der Waals surface area contributed by atoms with E-state index in [1.807, 2.05) is 27.9 Å². The standard InChI is InChI=1S/C24H37N9O3/c1-6-19(34)29-16-11-27-22(28-12-16)31-21(26)17-13-33(24(2,3)20(17)25)23(35)30-18(14-32(4)5)15-7-9-36-10-8-15/h6,11-12,15,18H,1,7-10,13-14,25H2,2-5H3,(H,29,34)(H,30,35)(H2,26,27,28,31)/t18-/m1/s1. The minimum absolute atomic E-state index is 0.0167. The van der Waals surface area contributed by atoms with Gasteiger partial charge in [-0.2, -0.15) is 4.99 Å². The lowest BCUT2D eigenvalue weighted by atomic mass is 9.91. The Morgan fingerprint density at radius 3 is 2.56 bits per heavy atom. The number of ether oxygens (including phenoxy) is 1. The molecule has 1 fully saturated rings. The first-order valence-corrected chi connectivity index (χ1v) is 11.9. The Bertz CT molecular complexity index is 1030. The van der Waals surface area contributed by atoms with E-state index in [1.54, 1.807) is 4.90 Å². The molecule has 1 aromatic heterocycles. The van der Waals surface area contributed by atoms with Crippen LogP contribution in [0.3, 0.4) is 0 Å².